The van der Waals surface area contributed by atoms with Gasteiger partial charge in [0.2, 0.25) is 0 Å². The molecule has 0 spiro atoms. The molecule has 1 aliphatic carbocycles. The third-order valence-corrected chi connectivity index (χ3v) is 2.53. The van der Waals surface area contributed by atoms with Crippen molar-refractivity contribution in [2.24, 2.45) is 0 Å². The van der Waals surface area contributed by atoms with Crippen LogP contribution in [0.3, 0.4) is 0 Å². The Morgan fingerprint density at radius 2 is 2.08 bits per heavy atom. The van der Waals surface area contributed by atoms with Crippen molar-refractivity contribution in [2.45, 2.75) is 19.8 Å². The fourth-order valence-electron chi connectivity index (χ4n) is 1.71. The summed E-state index contributed by atoms with van der Waals surface area (Å²) in [5, 5.41) is 0. The first-order valence-electron chi connectivity index (χ1n) is 4.50. The van der Waals surface area contributed by atoms with Gasteiger partial charge in [0.15, 0.2) is 5.78 Å². The number of allylic oxidation sites excluding steroid dienone is 1. The predicted molar refractivity (Wildman–Crippen MR) is 53.0 cm³/mol. The van der Waals surface area contributed by atoms with Gasteiger partial charge in [-0.3, -0.25) is 4.79 Å². The van der Waals surface area contributed by atoms with E-state index in [1.807, 2.05) is 13.0 Å². The molecular weight excluding hydrogens is 160 g/mol. The molecule has 0 fully saturated rings. The highest BCUT2D eigenvalue weighted by Gasteiger charge is 2.19. The van der Waals surface area contributed by atoms with E-state index in [1.54, 1.807) is 0 Å². The van der Waals surface area contributed by atoms with E-state index in [0.29, 0.717) is 0 Å². The average molecular weight is 172 g/mol. The molecule has 0 heterocycles. The number of benzene rings is 1. The topological polar surface area (TPSA) is 17.1 Å². The number of ketones is 1. The van der Waals surface area contributed by atoms with Crippen LogP contribution in [0.25, 0.3) is 0 Å². The molecule has 1 nitrogen and oxygen atoms in total. The molecule has 1 heteroatoms. The van der Waals surface area contributed by atoms with Gasteiger partial charge in [0.05, 0.1) is 0 Å². The first-order chi connectivity index (χ1) is 6.18. The fourth-order valence-corrected chi connectivity index (χ4v) is 1.71. The highest BCUT2D eigenvalue weighted by atomic mass is 16.1. The first kappa shape index (κ1) is 8.24. The summed E-state index contributed by atoms with van der Waals surface area (Å²) in [5.41, 5.74) is 3.92. The number of hydrogen-bond donors (Lipinski definition) is 0. The zero-order valence-corrected chi connectivity index (χ0v) is 7.76. The predicted octanol–water partition coefficient (Wildman–Crippen LogP) is 2.68. The minimum Gasteiger partial charge on any atom is -0.289 e. The molecule has 13 heavy (non-hydrogen) atoms. The molecule has 0 bridgehead atoms. The van der Waals surface area contributed by atoms with Gasteiger partial charge in [-0.25, -0.2) is 0 Å². The van der Waals surface area contributed by atoms with Crippen LogP contribution in [-0.2, 0) is 6.42 Å². The molecule has 66 valence electrons. The lowest BCUT2D eigenvalue weighted by Gasteiger charge is -2.16. The summed E-state index contributed by atoms with van der Waals surface area (Å²) < 4.78 is 0. The summed E-state index contributed by atoms with van der Waals surface area (Å²) in [5.74, 6) is 0.130. The van der Waals surface area contributed by atoms with Crippen LogP contribution < -0.4 is 0 Å². The molecule has 0 unspecified atom stereocenters. The van der Waals surface area contributed by atoms with Crippen LogP contribution in [0.2, 0.25) is 0 Å². The molecule has 1 aliphatic rings. The molecule has 0 aromatic heterocycles. The largest absolute Gasteiger partial charge is 0.289 e. The highest BCUT2D eigenvalue weighted by molar-refractivity contribution is 6.10. The Hall–Kier alpha value is -1.37. The molecule has 0 atom stereocenters. The van der Waals surface area contributed by atoms with E-state index in [-0.39, 0.29) is 5.78 Å². The minimum absolute atomic E-state index is 0.130. The molecule has 0 radical (unpaired) electrons. The zero-order valence-electron chi connectivity index (χ0n) is 7.76. The molecule has 1 aromatic rings. The van der Waals surface area contributed by atoms with Crippen LogP contribution in [0, 0.1) is 6.92 Å². The van der Waals surface area contributed by atoms with Crippen molar-refractivity contribution in [3.8, 4) is 0 Å². The number of fused-ring (bicyclic) bond motifs is 1. The molecule has 2 rings (SSSR count). The van der Waals surface area contributed by atoms with Gasteiger partial charge < -0.3 is 0 Å². The van der Waals surface area contributed by atoms with Crippen LogP contribution in [-0.4, -0.2) is 5.78 Å². The summed E-state index contributed by atoms with van der Waals surface area (Å²) in [6.07, 6.45) is 1.77. The Morgan fingerprint density at radius 1 is 1.31 bits per heavy atom. The number of carbonyl (C=O) groups excluding carboxylic acids is 1. The quantitative estimate of drug-likeness (QED) is 0.550. The van der Waals surface area contributed by atoms with Gasteiger partial charge in [0, 0.05) is 5.56 Å². The second-order valence-corrected chi connectivity index (χ2v) is 3.59. The summed E-state index contributed by atoms with van der Waals surface area (Å²) in [6, 6.07) is 6.07. The molecule has 0 N–H and O–H groups in total. The van der Waals surface area contributed by atoms with Crippen molar-refractivity contribution < 1.29 is 4.79 Å². The molecule has 0 saturated carbocycles. The van der Waals surface area contributed by atoms with Gasteiger partial charge in [-0.15, -0.1) is 0 Å². The third-order valence-electron chi connectivity index (χ3n) is 2.53. The molecule has 1 aromatic carbocycles. The van der Waals surface area contributed by atoms with Crippen LogP contribution in [0.4, 0.5) is 0 Å². The SMILES string of the molecule is C=C1CCc2ccc(C)cc2C1=O. The lowest BCUT2D eigenvalue weighted by Crippen LogP contribution is -2.13. The number of Topliss-reactive ketones (excluding diaryl/α,β-unsaturated/α-hetero) is 1. The van der Waals surface area contributed by atoms with Gasteiger partial charge in [-0.1, -0.05) is 24.3 Å². The van der Waals surface area contributed by atoms with E-state index in [1.165, 1.54) is 5.56 Å². The van der Waals surface area contributed by atoms with Crippen molar-refractivity contribution >= 4 is 5.78 Å². The zero-order chi connectivity index (χ0) is 9.42. The van der Waals surface area contributed by atoms with E-state index in [0.717, 1.165) is 29.5 Å². The summed E-state index contributed by atoms with van der Waals surface area (Å²) in [4.78, 5) is 11.7. The van der Waals surface area contributed by atoms with E-state index < -0.39 is 0 Å². The standard InChI is InChI=1S/C12H12O/c1-8-3-5-10-6-4-9(2)12(13)11(10)7-8/h3,5,7H,2,4,6H2,1H3. The van der Waals surface area contributed by atoms with Crippen molar-refractivity contribution in [2.75, 3.05) is 0 Å². The summed E-state index contributed by atoms with van der Waals surface area (Å²) >= 11 is 0. The first-order valence-corrected chi connectivity index (χ1v) is 4.50. The lowest BCUT2D eigenvalue weighted by atomic mass is 9.87. The Labute approximate surface area is 78.1 Å². The average Bonchev–Trinajstić information content (AvgIpc) is 2.12. The van der Waals surface area contributed by atoms with Gasteiger partial charge in [-0.2, -0.15) is 0 Å². The third kappa shape index (κ3) is 1.31. The maximum atomic E-state index is 11.7. The fraction of sp³-hybridized carbons (Fsp3) is 0.250. The summed E-state index contributed by atoms with van der Waals surface area (Å²) in [6.45, 7) is 5.78. The Balaban J connectivity index is 2.58. The maximum Gasteiger partial charge on any atom is 0.188 e. The molecular formula is C12H12O. The van der Waals surface area contributed by atoms with Crippen LogP contribution in [0.5, 0.6) is 0 Å². The van der Waals surface area contributed by atoms with Crippen molar-refractivity contribution in [1.82, 2.24) is 0 Å². The molecule has 0 saturated heterocycles. The normalized spacial score (nSPS) is 15.8. The second-order valence-electron chi connectivity index (χ2n) is 3.59. The van der Waals surface area contributed by atoms with Crippen molar-refractivity contribution in [1.29, 1.82) is 0 Å². The Bertz CT molecular complexity index is 388. The van der Waals surface area contributed by atoms with E-state index in [2.05, 4.69) is 18.7 Å². The number of aryl methyl sites for hydroxylation is 2. The van der Waals surface area contributed by atoms with Gasteiger partial charge in [-0.05, 0) is 37.0 Å². The van der Waals surface area contributed by atoms with E-state index in [9.17, 15) is 4.79 Å². The molecule has 0 aliphatic heterocycles. The number of hydrogen-bond acceptors (Lipinski definition) is 1. The van der Waals surface area contributed by atoms with Crippen LogP contribution >= 0.6 is 0 Å². The minimum atomic E-state index is 0.130. The monoisotopic (exact) mass is 172 g/mol. The smallest absolute Gasteiger partial charge is 0.188 e. The van der Waals surface area contributed by atoms with Crippen molar-refractivity contribution in [3.63, 3.8) is 0 Å². The van der Waals surface area contributed by atoms with Gasteiger partial charge in [0.25, 0.3) is 0 Å². The molecule has 0 amide bonds. The number of carbonyl (C=O) groups is 1. The van der Waals surface area contributed by atoms with Crippen molar-refractivity contribution in [3.05, 3.63) is 47.0 Å². The maximum absolute atomic E-state index is 11.7. The Morgan fingerprint density at radius 3 is 2.85 bits per heavy atom. The van der Waals surface area contributed by atoms with E-state index >= 15 is 0 Å². The summed E-state index contributed by atoms with van der Waals surface area (Å²) in [7, 11) is 0. The number of rotatable bonds is 0. The Kier molecular flexibility index (Phi) is 1.80. The van der Waals surface area contributed by atoms with Crippen LogP contribution in [0.15, 0.2) is 30.4 Å². The van der Waals surface area contributed by atoms with Crippen LogP contribution in [0.1, 0.15) is 27.9 Å². The lowest BCUT2D eigenvalue weighted by molar-refractivity contribution is 0.102. The van der Waals surface area contributed by atoms with Gasteiger partial charge >= 0.3 is 0 Å². The van der Waals surface area contributed by atoms with E-state index in [4.69, 9.17) is 0 Å². The van der Waals surface area contributed by atoms with Gasteiger partial charge in [0.1, 0.15) is 0 Å². The highest BCUT2D eigenvalue weighted by Crippen LogP contribution is 2.24. The second kappa shape index (κ2) is 2.84.